The Bertz CT molecular complexity index is 797. The van der Waals surface area contributed by atoms with Crippen molar-refractivity contribution in [2.75, 3.05) is 0 Å². The highest BCUT2D eigenvalue weighted by Crippen LogP contribution is 2.42. The number of thioether (sulfide) groups is 1. The maximum atomic E-state index is 4.50. The SMILES string of the molecule is CC(Sc1nnc(C2CC2)n1Cc1ccccc1)c1ccncc1. The van der Waals surface area contributed by atoms with Crippen molar-refractivity contribution < 1.29 is 0 Å². The molecular formula is C19H20N4S. The summed E-state index contributed by atoms with van der Waals surface area (Å²) in [6.45, 7) is 3.05. The molecule has 24 heavy (non-hydrogen) atoms. The first-order valence-corrected chi connectivity index (χ1v) is 9.23. The first kappa shape index (κ1) is 15.4. The summed E-state index contributed by atoms with van der Waals surface area (Å²) in [6, 6.07) is 14.7. The van der Waals surface area contributed by atoms with E-state index < -0.39 is 0 Å². The van der Waals surface area contributed by atoms with Crippen LogP contribution in [-0.4, -0.2) is 19.7 Å². The molecule has 1 saturated carbocycles. The van der Waals surface area contributed by atoms with Gasteiger partial charge in [0.2, 0.25) is 0 Å². The topological polar surface area (TPSA) is 43.6 Å². The molecule has 1 atom stereocenters. The zero-order valence-corrected chi connectivity index (χ0v) is 14.5. The highest BCUT2D eigenvalue weighted by atomic mass is 32.2. The molecule has 122 valence electrons. The Hall–Kier alpha value is -2.14. The lowest BCUT2D eigenvalue weighted by atomic mass is 10.2. The van der Waals surface area contributed by atoms with E-state index in [4.69, 9.17) is 0 Å². The molecule has 2 heterocycles. The predicted octanol–water partition coefficient (Wildman–Crippen LogP) is 4.45. The normalized spacial score (nSPS) is 15.4. The van der Waals surface area contributed by atoms with Gasteiger partial charge in [0.1, 0.15) is 5.82 Å². The van der Waals surface area contributed by atoms with Crippen molar-refractivity contribution in [3.8, 4) is 0 Å². The molecule has 1 aromatic carbocycles. The van der Waals surface area contributed by atoms with Crippen molar-refractivity contribution in [1.29, 1.82) is 0 Å². The number of pyridine rings is 1. The zero-order valence-electron chi connectivity index (χ0n) is 13.7. The molecule has 3 aromatic rings. The van der Waals surface area contributed by atoms with Crippen LogP contribution in [0.2, 0.25) is 0 Å². The molecule has 4 rings (SSSR count). The van der Waals surface area contributed by atoms with Gasteiger partial charge in [0, 0.05) is 23.6 Å². The minimum atomic E-state index is 0.318. The van der Waals surface area contributed by atoms with Gasteiger partial charge in [-0.05, 0) is 43.0 Å². The van der Waals surface area contributed by atoms with Crippen LogP contribution in [-0.2, 0) is 6.54 Å². The summed E-state index contributed by atoms with van der Waals surface area (Å²) in [7, 11) is 0. The quantitative estimate of drug-likeness (QED) is 0.624. The highest BCUT2D eigenvalue weighted by Gasteiger charge is 2.30. The van der Waals surface area contributed by atoms with Crippen molar-refractivity contribution in [2.45, 2.75) is 42.6 Å². The zero-order chi connectivity index (χ0) is 16.4. The third-order valence-electron chi connectivity index (χ3n) is 4.33. The van der Waals surface area contributed by atoms with Gasteiger partial charge in [-0.1, -0.05) is 42.1 Å². The smallest absolute Gasteiger partial charge is 0.192 e. The van der Waals surface area contributed by atoms with Gasteiger partial charge in [-0.3, -0.25) is 4.98 Å². The van der Waals surface area contributed by atoms with E-state index in [1.807, 2.05) is 12.4 Å². The molecule has 1 unspecified atom stereocenters. The molecule has 0 bridgehead atoms. The lowest BCUT2D eigenvalue weighted by Crippen LogP contribution is -2.06. The van der Waals surface area contributed by atoms with Crippen LogP contribution in [0.3, 0.4) is 0 Å². The fourth-order valence-electron chi connectivity index (χ4n) is 2.81. The first-order valence-electron chi connectivity index (χ1n) is 8.35. The molecule has 4 nitrogen and oxygen atoms in total. The Morgan fingerprint density at radius 1 is 1.08 bits per heavy atom. The Labute approximate surface area is 146 Å². The Kier molecular flexibility index (Phi) is 4.34. The number of rotatable bonds is 6. The van der Waals surface area contributed by atoms with Crippen LogP contribution in [0.15, 0.2) is 60.0 Å². The number of hydrogen-bond acceptors (Lipinski definition) is 4. The second-order valence-corrected chi connectivity index (χ2v) is 7.54. The van der Waals surface area contributed by atoms with Gasteiger partial charge in [0.25, 0.3) is 0 Å². The predicted molar refractivity (Wildman–Crippen MR) is 96.1 cm³/mol. The fourth-order valence-corrected chi connectivity index (χ4v) is 3.79. The first-order chi connectivity index (χ1) is 11.8. The van der Waals surface area contributed by atoms with Crippen molar-refractivity contribution >= 4 is 11.8 Å². The van der Waals surface area contributed by atoms with Crippen LogP contribution in [0.25, 0.3) is 0 Å². The van der Waals surface area contributed by atoms with Crippen LogP contribution in [0, 0.1) is 0 Å². The van der Waals surface area contributed by atoms with Gasteiger partial charge in [0.05, 0.1) is 6.54 Å². The molecule has 0 N–H and O–H groups in total. The van der Waals surface area contributed by atoms with Crippen LogP contribution in [0.1, 0.15) is 47.9 Å². The molecule has 0 amide bonds. The second kappa shape index (κ2) is 6.77. The summed E-state index contributed by atoms with van der Waals surface area (Å²) in [4.78, 5) is 4.10. The summed E-state index contributed by atoms with van der Waals surface area (Å²) in [5, 5.41) is 10.3. The lowest BCUT2D eigenvalue weighted by Gasteiger charge is -2.13. The second-order valence-electron chi connectivity index (χ2n) is 6.23. The molecule has 0 radical (unpaired) electrons. The summed E-state index contributed by atoms with van der Waals surface area (Å²) in [5.74, 6) is 1.73. The molecule has 0 saturated heterocycles. The van der Waals surface area contributed by atoms with Crippen LogP contribution >= 0.6 is 11.8 Å². The van der Waals surface area contributed by atoms with E-state index in [1.54, 1.807) is 11.8 Å². The molecule has 1 aliphatic carbocycles. The maximum Gasteiger partial charge on any atom is 0.192 e. The lowest BCUT2D eigenvalue weighted by molar-refractivity contribution is 0.666. The van der Waals surface area contributed by atoms with Gasteiger partial charge in [-0.25, -0.2) is 0 Å². The number of nitrogens with zero attached hydrogens (tertiary/aromatic N) is 4. The van der Waals surface area contributed by atoms with Crippen LogP contribution in [0.4, 0.5) is 0 Å². The number of aromatic nitrogens is 4. The van der Waals surface area contributed by atoms with E-state index in [0.717, 1.165) is 17.5 Å². The Morgan fingerprint density at radius 3 is 2.54 bits per heavy atom. The number of benzene rings is 1. The van der Waals surface area contributed by atoms with E-state index in [0.29, 0.717) is 11.2 Å². The largest absolute Gasteiger partial charge is 0.301 e. The summed E-state index contributed by atoms with van der Waals surface area (Å²) < 4.78 is 2.30. The van der Waals surface area contributed by atoms with E-state index in [2.05, 4.69) is 69.1 Å². The summed E-state index contributed by atoms with van der Waals surface area (Å²) >= 11 is 1.77. The third-order valence-corrected chi connectivity index (χ3v) is 5.47. The monoisotopic (exact) mass is 336 g/mol. The molecule has 1 aliphatic rings. The van der Waals surface area contributed by atoms with Crippen molar-refractivity contribution in [3.05, 3.63) is 71.8 Å². The summed E-state index contributed by atoms with van der Waals surface area (Å²) in [6.07, 6.45) is 6.16. The maximum absolute atomic E-state index is 4.50. The fraction of sp³-hybridized carbons (Fsp3) is 0.316. The van der Waals surface area contributed by atoms with E-state index in [9.17, 15) is 0 Å². The molecule has 5 heteroatoms. The average Bonchev–Trinajstić information content (AvgIpc) is 3.40. The third kappa shape index (κ3) is 3.36. The molecule has 0 spiro atoms. The molecule has 0 aliphatic heterocycles. The van der Waals surface area contributed by atoms with Gasteiger partial charge in [0.15, 0.2) is 5.16 Å². The Balaban J connectivity index is 1.61. The van der Waals surface area contributed by atoms with Crippen LogP contribution in [0.5, 0.6) is 0 Å². The van der Waals surface area contributed by atoms with Crippen molar-refractivity contribution in [2.24, 2.45) is 0 Å². The standard InChI is InChI=1S/C19H20N4S/c1-14(16-9-11-20-12-10-16)24-19-22-21-18(17-7-8-17)23(19)13-15-5-3-2-4-6-15/h2-6,9-12,14,17H,7-8,13H2,1H3. The van der Waals surface area contributed by atoms with E-state index >= 15 is 0 Å². The summed E-state index contributed by atoms with van der Waals surface area (Å²) in [5.41, 5.74) is 2.55. The van der Waals surface area contributed by atoms with E-state index in [1.165, 1.54) is 24.0 Å². The van der Waals surface area contributed by atoms with Gasteiger partial charge in [-0.2, -0.15) is 0 Å². The van der Waals surface area contributed by atoms with Crippen molar-refractivity contribution in [3.63, 3.8) is 0 Å². The van der Waals surface area contributed by atoms with Gasteiger partial charge >= 0.3 is 0 Å². The van der Waals surface area contributed by atoms with E-state index in [-0.39, 0.29) is 0 Å². The van der Waals surface area contributed by atoms with Crippen LogP contribution < -0.4 is 0 Å². The highest BCUT2D eigenvalue weighted by molar-refractivity contribution is 7.99. The Morgan fingerprint density at radius 2 is 1.83 bits per heavy atom. The number of hydrogen-bond donors (Lipinski definition) is 0. The molecule has 1 fully saturated rings. The molecule has 2 aromatic heterocycles. The van der Waals surface area contributed by atoms with Gasteiger partial charge < -0.3 is 4.57 Å². The van der Waals surface area contributed by atoms with Gasteiger partial charge in [-0.15, -0.1) is 10.2 Å². The molecular weight excluding hydrogens is 316 g/mol. The minimum absolute atomic E-state index is 0.318. The average molecular weight is 336 g/mol. The minimum Gasteiger partial charge on any atom is -0.301 e. The van der Waals surface area contributed by atoms with Crippen molar-refractivity contribution in [1.82, 2.24) is 19.7 Å².